The van der Waals surface area contributed by atoms with Crippen LogP contribution in [0.1, 0.15) is 11.4 Å². The third-order valence-corrected chi connectivity index (χ3v) is 3.62. The fourth-order valence-electron chi connectivity index (χ4n) is 2.42. The summed E-state index contributed by atoms with van der Waals surface area (Å²) in [5.74, 6) is 0.608. The van der Waals surface area contributed by atoms with E-state index < -0.39 is 0 Å². The lowest BCUT2D eigenvalue weighted by Crippen LogP contribution is -2.08. The Balaban J connectivity index is 1.66. The van der Waals surface area contributed by atoms with Crippen LogP contribution in [-0.4, -0.2) is 30.2 Å². The molecule has 4 aromatic rings. The van der Waals surface area contributed by atoms with Crippen LogP contribution in [0.2, 0.25) is 0 Å². The van der Waals surface area contributed by atoms with Gasteiger partial charge in [-0.15, -0.1) is 10.2 Å². The van der Waals surface area contributed by atoms with Gasteiger partial charge in [0.25, 0.3) is 0 Å². The molecule has 0 bridgehead atoms. The molecule has 0 atom stereocenters. The Morgan fingerprint density at radius 3 is 2.35 bits per heavy atom. The van der Waals surface area contributed by atoms with Gasteiger partial charge < -0.3 is 0 Å². The molecule has 112 valence electrons. The van der Waals surface area contributed by atoms with E-state index in [0.29, 0.717) is 12.4 Å². The zero-order valence-corrected chi connectivity index (χ0v) is 12.6. The average molecular weight is 302 g/mol. The number of aromatic nitrogens is 6. The van der Waals surface area contributed by atoms with E-state index in [9.17, 15) is 0 Å². The normalized spacial score (nSPS) is 11.0. The van der Waals surface area contributed by atoms with Crippen molar-refractivity contribution in [3.63, 3.8) is 0 Å². The topological polar surface area (TPSA) is 69.4 Å². The lowest BCUT2D eigenvalue weighted by atomic mass is 10.2. The number of benzene rings is 2. The molecule has 2 aromatic carbocycles. The molecular weight excluding hydrogens is 288 g/mol. The maximum absolute atomic E-state index is 4.66. The van der Waals surface area contributed by atoms with Crippen molar-refractivity contribution in [2.45, 2.75) is 13.5 Å². The van der Waals surface area contributed by atoms with Crippen LogP contribution < -0.4 is 0 Å². The van der Waals surface area contributed by atoms with Gasteiger partial charge in [0.2, 0.25) is 5.82 Å². The van der Waals surface area contributed by atoms with Crippen molar-refractivity contribution in [3.05, 3.63) is 66.0 Å². The van der Waals surface area contributed by atoms with Gasteiger partial charge in [0.15, 0.2) is 0 Å². The van der Waals surface area contributed by atoms with Gasteiger partial charge in [-0.1, -0.05) is 42.5 Å². The number of hydrogen-bond acceptors (Lipinski definition) is 5. The fourth-order valence-corrected chi connectivity index (χ4v) is 2.42. The zero-order valence-electron chi connectivity index (χ0n) is 12.6. The van der Waals surface area contributed by atoms with Crippen LogP contribution >= 0.6 is 0 Å². The van der Waals surface area contributed by atoms with Crippen molar-refractivity contribution in [2.24, 2.45) is 0 Å². The predicted molar refractivity (Wildman–Crippen MR) is 86.6 cm³/mol. The molecule has 0 saturated heterocycles. The summed E-state index contributed by atoms with van der Waals surface area (Å²) in [5.41, 5.74) is 4.44. The highest BCUT2D eigenvalue weighted by molar-refractivity contribution is 5.74. The summed E-state index contributed by atoms with van der Waals surface area (Å²) < 4.78 is 0. The van der Waals surface area contributed by atoms with Crippen LogP contribution in [0.5, 0.6) is 0 Å². The molecule has 2 aromatic heterocycles. The molecule has 0 saturated carbocycles. The molecule has 6 nitrogen and oxygen atoms in total. The molecule has 0 N–H and O–H groups in total. The van der Waals surface area contributed by atoms with Crippen molar-refractivity contribution in [1.29, 1.82) is 0 Å². The molecule has 4 rings (SSSR count). The van der Waals surface area contributed by atoms with Gasteiger partial charge >= 0.3 is 0 Å². The monoisotopic (exact) mass is 302 g/mol. The molecule has 0 amide bonds. The Hall–Kier alpha value is -3.15. The third kappa shape index (κ3) is 2.66. The van der Waals surface area contributed by atoms with Crippen molar-refractivity contribution >= 4 is 11.0 Å². The largest absolute Gasteiger partial charge is 0.250 e. The summed E-state index contributed by atoms with van der Waals surface area (Å²) >= 11 is 0. The average Bonchev–Trinajstić information content (AvgIpc) is 3.05. The molecule has 0 radical (unpaired) electrons. The zero-order chi connectivity index (χ0) is 15.6. The first-order valence-corrected chi connectivity index (χ1v) is 7.35. The third-order valence-electron chi connectivity index (χ3n) is 3.62. The van der Waals surface area contributed by atoms with E-state index in [2.05, 4.69) is 25.4 Å². The van der Waals surface area contributed by atoms with Crippen LogP contribution in [0, 0.1) is 6.92 Å². The smallest absolute Gasteiger partial charge is 0.204 e. The van der Waals surface area contributed by atoms with Crippen molar-refractivity contribution in [1.82, 2.24) is 30.2 Å². The Morgan fingerprint density at radius 2 is 1.57 bits per heavy atom. The summed E-state index contributed by atoms with van der Waals surface area (Å²) in [4.78, 5) is 10.8. The maximum atomic E-state index is 4.66. The minimum absolute atomic E-state index is 0.448. The van der Waals surface area contributed by atoms with E-state index in [1.807, 2.05) is 61.5 Å². The van der Waals surface area contributed by atoms with Crippen LogP contribution in [0.15, 0.2) is 54.6 Å². The first-order valence-electron chi connectivity index (χ1n) is 7.35. The van der Waals surface area contributed by atoms with Crippen LogP contribution in [0.25, 0.3) is 22.4 Å². The first kappa shape index (κ1) is 13.5. The van der Waals surface area contributed by atoms with Crippen LogP contribution in [0.4, 0.5) is 0 Å². The van der Waals surface area contributed by atoms with E-state index in [-0.39, 0.29) is 0 Å². The summed E-state index contributed by atoms with van der Waals surface area (Å²) in [7, 11) is 0. The van der Waals surface area contributed by atoms with Crippen molar-refractivity contribution < 1.29 is 0 Å². The van der Waals surface area contributed by atoms with Gasteiger partial charge in [-0.2, -0.15) is 4.80 Å². The lowest BCUT2D eigenvalue weighted by Gasteiger charge is -2.05. The van der Waals surface area contributed by atoms with Crippen LogP contribution in [-0.2, 0) is 6.54 Å². The number of hydrogen-bond donors (Lipinski definition) is 0. The maximum Gasteiger partial charge on any atom is 0.204 e. The Morgan fingerprint density at radius 1 is 0.870 bits per heavy atom. The SMILES string of the molecule is Cc1nc2ccccc2nc1Cn1nnc(-c2ccccc2)n1. The molecule has 0 aliphatic heterocycles. The minimum atomic E-state index is 0.448. The van der Waals surface area contributed by atoms with E-state index in [1.54, 1.807) is 4.80 Å². The Bertz CT molecular complexity index is 961. The van der Waals surface area contributed by atoms with Gasteiger partial charge in [0.1, 0.15) is 6.54 Å². The second-order valence-corrected chi connectivity index (χ2v) is 5.25. The Kier molecular flexibility index (Phi) is 3.27. The summed E-state index contributed by atoms with van der Waals surface area (Å²) in [6.07, 6.45) is 0. The second-order valence-electron chi connectivity index (χ2n) is 5.25. The molecule has 0 unspecified atom stereocenters. The first-order chi connectivity index (χ1) is 11.3. The van der Waals surface area contributed by atoms with Crippen LogP contribution in [0.3, 0.4) is 0 Å². The van der Waals surface area contributed by atoms with Gasteiger partial charge in [0, 0.05) is 5.56 Å². The van der Waals surface area contributed by atoms with Crippen molar-refractivity contribution in [2.75, 3.05) is 0 Å². The van der Waals surface area contributed by atoms with Gasteiger partial charge in [-0.3, -0.25) is 0 Å². The number of fused-ring (bicyclic) bond motifs is 1. The molecule has 0 aliphatic carbocycles. The summed E-state index contributed by atoms with van der Waals surface area (Å²) in [5, 5.41) is 12.6. The van der Waals surface area contributed by atoms with Crippen molar-refractivity contribution in [3.8, 4) is 11.4 Å². The number of rotatable bonds is 3. The number of aryl methyl sites for hydroxylation is 1. The molecule has 0 spiro atoms. The highest BCUT2D eigenvalue weighted by atomic mass is 15.6. The van der Waals surface area contributed by atoms with Gasteiger partial charge in [-0.25, -0.2) is 9.97 Å². The minimum Gasteiger partial charge on any atom is -0.250 e. The number of tetrazole rings is 1. The summed E-state index contributed by atoms with van der Waals surface area (Å²) in [6, 6.07) is 17.6. The molecule has 23 heavy (non-hydrogen) atoms. The molecule has 6 heteroatoms. The number of para-hydroxylation sites is 2. The standard InChI is InChI=1S/C17H14N6/c1-12-16(19-15-10-6-5-9-14(15)18-12)11-23-21-17(20-22-23)13-7-3-2-4-8-13/h2-10H,11H2,1H3. The van der Waals surface area contributed by atoms with Gasteiger partial charge in [0.05, 0.1) is 22.4 Å². The highest BCUT2D eigenvalue weighted by Crippen LogP contribution is 2.14. The molecule has 2 heterocycles. The molecule has 0 aliphatic rings. The predicted octanol–water partition coefficient (Wildman–Crippen LogP) is 2.64. The molecular formula is C17H14N6. The van der Waals surface area contributed by atoms with E-state index in [0.717, 1.165) is 28.0 Å². The second kappa shape index (κ2) is 5.57. The number of nitrogens with zero attached hydrogens (tertiary/aromatic N) is 6. The van der Waals surface area contributed by atoms with E-state index >= 15 is 0 Å². The molecule has 0 fully saturated rings. The fraction of sp³-hybridized carbons (Fsp3) is 0.118. The summed E-state index contributed by atoms with van der Waals surface area (Å²) in [6.45, 7) is 2.40. The Labute approximate surface area is 132 Å². The quantitative estimate of drug-likeness (QED) is 0.582. The lowest BCUT2D eigenvalue weighted by molar-refractivity contribution is 0.562. The van der Waals surface area contributed by atoms with Gasteiger partial charge in [-0.05, 0) is 24.3 Å². The van der Waals surface area contributed by atoms with E-state index in [1.165, 1.54) is 0 Å². The van der Waals surface area contributed by atoms with E-state index in [4.69, 9.17) is 0 Å². The highest BCUT2D eigenvalue weighted by Gasteiger charge is 2.09.